The number of nitrogens with one attached hydrogen (secondary N) is 3. The molecule has 0 spiro atoms. The lowest BCUT2D eigenvalue weighted by molar-refractivity contribution is 0.0944. The van der Waals surface area contributed by atoms with Crippen LogP contribution >= 0.6 is 0 Å². The molecule has 21 heavy (non-hydrogen) atoms. The van der Waals surface area contributed by atoms with Gasteiger partial charge in [0.15, 0.2) is 17.3 Å². The van der Waals surface area contributed by atoms with E-state index in [9.17, 15) is 9.18 Å². The molecule has 0 radical (unpaired) electrons. The van der Waals surface area contributed by atoms with E-state index in [-0.39, 0.29) is 12.5 Å². The van der Waals surface area contributed by atoms with Crippen LogP contribution in [0.25, 0.3) is 0 Å². The Kier molecular flexibility index (Phi) is 3.57. The molecule has 1 aliphatic rings. The van der Waals surface area contributed by atoms with Gasteiger partial charge in [-0.3, -0.25) is 9.89 Å². The van der Waals surface area contributed by atoms with Crippen molar-refractivity contribution in [3.05, 3.63) is 46.5 Å². The summed E-state index contributed by atoms with van der Waals surface area (Å²) in [4.78, 5) is 12.1. The second-order valence-electron chi connectivity index (χ2n) is 4.92. The maximum absolute atomic E-state index is 13.2. The van der Waals surface area contributed by atoms with Crippen molar-refractivity contribution in [2.75, 3.05) is 6.54 Å². The molecule has 0 saturated heterocycles. The second kappa shape index (κ2) is 5.53. The Labute approximate surface area is 120 Å². The van der Waals surface area contributed by atoms with Crippen LogP contribution in [0.2, 0.25) is 0 Å². The van der Waals surface area contributed by atoms with E-state index >= 15 is 0 Å². The molecule has 0 bridgehead atoms. The molecule has 0 atom stereocenters. The molecule has 110 valence electrons. The lowest BCUT2D eigenvalue weighted by atomic mass is 10.1. The number of H-pyrrole nitrogens is 1. The van der Waals surface area contributed by atoms with Crippen molar-refractivity contribution in [3.8, 4) is 5.75 Å². The summed E-state index contributed by atoms with van der Waals surface area (Å²) < 4.78 is 13.2. The maximum Gasteiger partial charge on any atom is 0.272 e. The molecule has 1 aromatic carbocycles. The number of carbonyl (C=O) groups is 1. The molecule has 3 rings (SSSR count). The van der Waals surface area contributed by atoms with Gasteiger partial charge in [0.2, 0.25) is 0 Å². The zero-order valence-corrected chi connectivity index (χ0v) is 11.2. The molecule has 0 saturated carbocycles. The molecular weight excluding hydrogens is 275 g/mol. The number of aromatic nitrogens is 2. The fourth-order valence-corrected chi connectivity index (χ4v) is 2.34. The molecule has 1 amide bonds. The Morgan fingerprint density at radius 2 is 2.33 bits per heavy atom. The number of aromatic amines is 1. The molecule has 1 aromatic heterocycles. The van der Waals surface area contributed by atoms with E-state index in [0.717, 1.165) is 24.2 Å². The Morgan fingerprint density at radius 3 is 3.14 bits per heavy atom. The van der Waals surface area contributed by atoms with Crippen LogP contribution < -0.4 is 10.6 Å². The lowest BCUT2D eigenvalue weighted by Crippen LogP contribution is -2.28. The van der Waals surface area contributed by atoms with Gasteiger partial charge in [-0.2, -0.15) is 5.10 Å². The molecule has 0 unspecified atom stereocenters. The Balaban J connectivity index is 1.69. The monoisotopic (exact) mass is 290 g/mol. The first-order chi connectivity index (χ1) is 10.1. The van der Waals surface area contributed by atoms with Gasteiger partial charge in [0.05, 0.1) is 0 Å². The third kappa shape index (κ3) is 2.73. The number of aromatic hydroxyl groups is 1. The number of phenolic OH excluding ortho intramolecular Hbond substituents is 1. The van der Waals surface area contributed by atoms with Gasteiger partial charge in [-0.1, -0.05) is 6.07 Å². The van der Waals surface area contributed by atoms with E-state index in [2.05, 4.69) is 20.8 Å². The minimum atomic E-state index is -0.705. The molecule has 4 N–H and O–H groups in total. The van der Waals surface area contributed by atoms with Crippen LogP contribution in [0.15, 0.2) is 18.2 Å². The first-order valence-electron chi connectivity index (χ1n) is 6.67. The molecule has 7 heteroatoms. The topological polar surface area (TPSA) is 90.0 Å². The highest BCUT2D eigenvalue weighted by Gasteiger charge is 2.21. The van der Waals surface area contributed by atoms with Crippen LogP contribution in [-0.4, -0.2) is 27.8 Å². The fourth-order valence-electron chi connectivity index (χ4n) is 2.34. The summed E-state index contributed by atoms with van der Waals surface area (Å²) in [7, 11) is 0. The number of amides is 1. The van der Waals surface area contributed by atoms with Crippen molar-refractivity contribution in [1.82, 2.24) is 20.8 Å². The lowest BCUT2D eigenvalue weighted by Gasteiger charge is -2.12. The number of hydrogen-bond acceptors (Lipinski definition) is 4. The normalized spacial score (nSPS) is 13.8. The molecule has 1 aliphatic heterocycles. The maximum atomic E-state index is 13.2. The van der Waals surface area contributed by atoms with E-state index in [1.807, 2.05) is 0 Å². The van der Waals surface area contributed by atoms with Crippen molar-refractivity contribution in [1.29, 1.82) is 0 Å². The molecule has 2 aromatic rings. The first-order valence-corrected chi connectivity index (χ1v) is 6.67. The van der Waals surface area contributed by atoms with Gasteiger partial charge >= 0.3 is 0 Å². The predicted octanol–water partition coefficient (Wildman–Crippen LogP) is 0.830. The van der Waals surface area contributed by atoms with E-state index < -0.39 is 11.6 Å². The first kappa shape index (κ1) is 13.6. The van der Waals surface area contributed by atoms with E-state index in [0.29, 0.717) is 17.8 Å². The van der Waals surface area contributed by atoms with Crippen LogP contribution in [-0.2, 0) is 19.5 Å². The van der Waals surface area contributed by atoms with Gasteiger partial charge in [-0.05, 0) is 17.7 Å². The highest BCUT2D eigenvalue weighted by molar-refractivity contribution is 5.94. The summed E-state index contributed by atoms with van der Waals surface area (Å²) in [5, 5.41) is 21.9. The number of carbonyl (C=O) groups excluding carboxylic acids is 1. The quantitative estimate of drug-likeness (QED) is 0.674. The van der Waals surface area contributed by atoms with Gasteiger partial charge in [-0.15, -0.1) is 0 Å². The van der Waals surface area contributed by atoms with Crippen LogP contribution in [0, 0.1) is 5.82 Å². The van der Waals surface area contributed by atoms with Gasteiger partial charge in [0.25, 0.3) is 5.91 Å². The molecule has 0 aliphatic carbocycles. The minimum absolute atomic E-state index is 0.172. The summed E-state index contributed by atoms with van der Waals surface area (Å²) in [6.07, 6.45) is 0.818. The van der Waals surface area contributed by atoms with Crippen LogP contribution in [0.5, 0.6) is 5.75 Å². The van der Waals surface area contributed by atoms with E-state index in [4.69, 9.17) is 5.11 Å². The highest BCUT2D eigenvalue weighted by atomic mass is 19.1. The Morgan fingerprint density at radius 1 is 1.48 bits per heavy atom. The highest BCUT2D eigenvalue weighted by Crippen LogP contribution is 2.17. The number of rotatable bonds is 3. The summed E-state index contributed by atoms with van der Waals surface area (Å²) in [6.45, 7) is 1.65. The number of nitrogens with zero attached hydrogens (tertiary/aromatic N) is 1. The molecule has 0 fully saturated rings. The van der Waals surface area contributed by atoms with Crippen molar-refractivity contribution in [2.24, 2.45) is 0 Å². The van der Waals surface area contributed by atoms with E-state index in [1.165, 1.54) is 12.1 Å². The third-order valence-electron chi connectivity index (χ3n) is 3.49. The standard InChI is InChI=1S/C14H15FN4O2/c15-10-5-8(1-2-12(10)20)6-17-14(21)13-9-7-16-4-3-11(9)18-19-13/h1-2,5,16,20H,3-4,6-7H2,(H,17,21)(H,18,19). The van der Waals surface area contributed by atoms with Gasteiger partial charge < -0.3 is 15.7 Å². The predicted molar refractivity (Wildman–Crippen MR) is 73.2 cm³/mol. The van der Waals surface area contributed by atoms with Crippen molar-refractivity contribution < 1.29 is 14.3 Å². The van der Waals surface area contributed by atoms with E-state index in [1.54, 1.807) is 6.07 Å². The summed E-state index contributed by atoms with van der Waals surface area (Å²) >= 11 is 0. The van der Waals surface area contributed by atoms with Gasteiger partial charge in [0, 0.05) is 37.3 Å². The smallest absolute Gasteiger partial charge is 0.272 e. The van der Waals surface area contributed by atoms with Gasteiger partial charge in [0.1, 0.15) is 0 Å². The number of fused-ring (bicyclic) bond motifs is 1. The van der Waals surface area contributed by atoms with Crippen molar-refractivity contribution >= 4 is 5.91 Å². The van der Waals surface area contributed by atoms with Crippen LogP contribution in [0.3, 0.4) is 0 Å². The Hall–Kier alpha value is -2.41. The van der Waals surface area contributed by atoms with Crippen molar-refractivity contribution in [2.45, 2.75) is 19.5 Å². The minimum Gasteiger partial charge on any atom is -0.505 e. The summed E-state index contributed by atoms with van der Waals surface area (Å²) in [5.41, 5.74) is 2.81. The summed E-state index contributed by atoms with van der Waals surface area (Å²) in [6, 6.07) is 4.01. The van der Waals surface area contributed by atoms with Crippen LogP contribution in [0.4, 0.5) is 4.39 Å². The zero-order chi connectivity index (χ0) is 14.8. The molecular formula is C14H15FN4O2. The SMILES string of the molecule is O=C(NCc1ccc(O)c(F)c1)c1n[nH]c2c1CNCC2. The number of phenols is 1. The largest absolute Gasteiger partial charge is 0.505 e. The van der Waals surface area contributed by atoms with Crippen molar-refractivity contribution in [3.63, 3.8) is 0 Å². The van der Waals surface area contributed by atoms with Gasteiger partial charge in [-0.25, -0.2) is 4.39 Å². The number of halogens is 1. The average molecular weight is 290 g/mol. The zero-order valence-electron chi connectivity index (χ0n) is 11.2. The molecule has 2 heterocycles. The molecule has 6 nitrogen and oxygen atoms in total. The second-order valence-corrected chi connectivity index (χ2v) is 4.92. The Bertz CT molecular complexity index is 684. The number of hydrogen-bond donors (Lipinski definition) is 4. The fraction of sp³-hybridized carbons (Fsp3) is 0.286. The number of benzene rings is 1. The average Bonchev–Trinajstić information content (AvgIpc) is 2.92. The van der Waals surface area contributed by atoms with Crippen LogP contribution in [0.1, 0.15) is 27.3 Å². The summed E-state index contributed by atoms with van der Waals surface area (Å²) in [5.74, 6) is -1.41. The third-order valence-corrected chi connectivity index (χ3v) is 3.49.